The van der Waals surface area contributed by atoms with Gasteiger partial charge in [0.15, 0.2) is 0 Å². The predicted molar refractivity (Wildman–Crippen MR) is 110 cm³/mol. The lowest BCUT2D eigenvalue weighted by atomic mass is 9.93. The first-order chi connectivity index (χ1) is 13.4. The largest absolute Gasteiger partial charge is 0.464 e. The van der Waals surface area contributed by atoms with E-state index in [9.17, 15) is 14.7 Å². The van der Waals surface area contributed by atoms with Crippen LogP contribution in [0.5, 0.6) is 0 Å². The van der Waals surface area contributed by atoms with Gasteiger partial charge in [-0.05, 0) is 55.8 Å². The van der Waals surface area contributed by atoms with Crippen LogP contribution in [-0.2, 0) is 16.1 Å². The normalized spacial score (nSPS) is 12.2. The molecule has 0 radical (unpaired) electrons. The minimum Gasteiger partial charge on any atom is -0.464 e. The van der Waals surface area contributed by atoms with Gasteiger partial charge in [0.25, 0.3) is 5.56 Å². The summed E-state index contributed by atoms with van der Waals surface area (Å²) in [6.07, 6.45) is 0. The molecule has 5 heteroatoms. The number of benzene rings is 2. The summed E-state index contributed by atoms with van der Waals surface area (Å²) in [5.74, 6) is -0.499. The third-order valence-corrected chi connectivity index (χ3v) is 5.16. The molecule has 1 unspecified atom stereocenters. The van der Waals surface area contributed by atoms with E-state index in [-0.39, 0.29) is 18.8 Å². The topological polar surface area (TPSA) is 68.5 Å². The zero-order chi connectivity index (χ0) is 20.4. The summed E-state index contributed by atoms with van der Waals surface area (Å²) in [5, 5.41) is 11.5. The van der Waals surface area contributed by atoms with E-state index in [4.69, 9.17) is 4.74 Å². The number of aryl methyl sites for hydroxylation is 2. The summed E-state index contributed by atoms with van der Waals surface area (Å²) < 4.78 is 6.51. The van der Waals surface area contributed by atoms with Crippen LogP contribution in [0.4, 0.5) is 0 Å². The molecule has 0 fully saturated rings. The molecule has 1 atom stereocenters. The third-order valence-electron chi connectivity index (χ3n) is 5.16. The Morgan fingerprint density at radius 3 is 2.29 bits per heavy atom. The number of carbonyl (C=O) groups is 1. The van der Waals surface area contributed by atoms with Crippen molar-refractivity contribution in [2.24, 2.45) is 0 Å². The Morgan fingerprint density at radius 1 is 1.11 bits per heavy atom. The molecule has 3 rings (SSSR count). The lowest BCUT2D eigenvalue weighted by Crippen LogP contribution is -2.32. The molecule has 0 saturated carbocycles. The van der Waals surface area contributed by atoms with Crippen LogP contribution < -0.4 is 5.56 Å². The number of esters is 1. The van der Waals surface area contributed by atoms with Gasteiger partial charge in [0.2, 0.25) is 0 Å². The minimum absolute atomic E-state index is 0.226. The van der Waals surface area contributed by atoms with E-state index >= 15 is 0 Å². The first-order valence-electron chi connectivity index (χ1n) is 9.41. The van der Waals surface area contributed by atoms with Crippen LogP contribution >= 0.6 is 0 Å². The summed E-state index contributed by atoms with van der Waals surface area (Å²) in [4.78, 5) is 25.8. The monoisotopic (exact) mass is 379 g/mol. The van der Waals surface area contributed by atoms with Crippen LogP contribution in [0.25, 0.3) is 21.9 Å². The number of rotatable bonds is 5. The second-order valence-corrected chi connectivity index (χ2v) is 6.93. The molecule has 0 bridgehead atoms. The van der Waals surface area contributed by atoms with Gasteiger partial charge in [-0.15, -0.1) is 0 Å². The van der Waals surface area contributed by atoms with E-state index < -0.39 is 12.0 Å². The van der Waals surface area contributed by atoms with Gasteiger partial charge in [0.05, 0.1) is 18.9 Å². The van der Waals surface area contributed by atoms with Gasteiger partial charge in [-0.1, -0.05) is 36.4 Å². The van der Waals surface area contributed by atoms with E-state index in [1.165, 1.54) is 4.57 Å². The lowest BCUT2D eigenvalue weighted by molar-refractivity contribution is -0.146. The second-order valence-electron chi connectivity index (χ2n) is 6.93. The predicted octanol–water partition coefficient (Wildman–Crippen LogP) is 3.90. The fourth-order valence-electron chi connectivity index (χ4n) is 3.59. The molecule has 0 aliphatic heterocycles. The summed E-state index contributed by atoms with van der Waals surface area (Å²) >= 11 is 0. The van der Waals surface area contributed by atoms with E-state index in [1.807, 2.05) is 56.3 Å². The van der Waals surface area contributed by atoms with E-state index in [2.05, 4.69) is 0 Å². The molecule has 5 nitrogen and oxygen atoms in total. The van der Waals surface area contributed by atoms with E-state index in [1.54, 1.807) is 13.8 Å². The summed E-state index contributed by atoms with van der Waals surface area (Å²) in [5.41, 5.74) is 3.80. The van der Waals surface area contributed by atoms with Gasteiger partial charge >= 0.3 is 5.97 Å². The fraction of sp³-hybridized carbons (Fsp3) is 0.304. The average Bonchev–Trinajstić information content (AvgIpc) is 2.69. The molecular weight excluding hydrogens is 354 g/mol. The van der Waals surface area contributed by atoms with Crippen molar-refractivity contribution >= 4 is 16.7 Å². The van der Waals surface area contributed by atoms with Gasteiger partial charge < -0.3 is 9.84 Å². The number of aliphatic hydroxyl groups excluding tert-OH is 1. The molecule has 3 aromatic rings. The van der Waals surface area contributed by atoms with Gasteiger partial charge in [-0.25, -0.2) is 4.79 Å². The van der Waals surface area contributed by atoms with Crippen LogP contribution in [0.1, 0.15) is 36.7 Å². The number of aliphatic hydroxyl groups is 1. The van der Waals surface area contributed by atoms with Crippen LogP contribution in [0.15, 0.2) is 47.3 Å². The van der Waals surface area contributed by atoms with Crippen LogP contribution in [-0.4, -0.2) is 22.2 Å². The fourth-order valence-corrected chi connectivity index (χ4v) is 3.59. The van der Waals surface area contributed by atoms with Gasteiger partial charge in [0, 0.05) is 10.9 Å². The number of ether oxygens (including phenoxy) is 1. The molecular formula is C23H25NO4. The molecule has 0 aliphatic carbocycles. The van der Waals surface area contributed by atoms with Crippen molar-refractivity contribution < 1.29 is 14.6 Å². The standard InChI is InChI=1S/C23H25NO4/c1-5-28-23(27)16(4)24-20(13-25)21(17-9-7-6-8-10-17)18-11-14(2)15(3)12-19(18)22(24)26/h6-12,16,25H,5,13H2,1-4H3. The maximum absolute atomic E-state index is 13.3. The molecule has 0 spiro atoms. The molecule has 28 heavy (non-hydrogen) atoms. The minimum atomic E-state index is -0.844. The van der Waals surface area contributed by atoms with Crippen molar-refractivity contribution in [2.75, 3.05) is 6.61 Å². The van der Waals surface area contributed by atoms with E-state index in [0.717, 1.165) is 27.6 Å². The Kier molecular flexibility index (Phi) is 5.66. The van der Waals surface area contributed by atoms with Crippen LogP contribution in [0, 0.1) is 13.8 Å². The van der Waals surface area contributed by atoms with Crippen LogP contribution in [0.3, 0.4) is 0 Å². The number of nitrogens with zero attached hydrogens (tertiary/aromatic N) is 1. The number of aromatic nitrogens is 1. The highest BCUT2D eigenvalue weighted by molar-refractivity contribution is 5.98. The SMILES string of the molecule is CCOC(=O)C(C)n1c(CO)c(-c2ccccc2)c2cc(C)c(C)cc2c1=O. The van der Waals surface area contributed by atoms with Crippen molar-refractivity contribution in [1.29, 1.82) is 0 Å². The van der Waals surface area contributed by atoms with Gasteiger partial charge in [-0.2, -0.15) is 0 Å². The lowest BCUT2D eigenvalue weighted by Gasteiger charge is -2.23. The number of carbonyl (C=O) groups excluding carboxylic acids is 1. The molecule has 146 valence electrons. The zero-order valence-corrected chi connectivity index (χ0v) is 16.7. The highest BCUT2D eigenvalue weighted by atomic mass is 16.5. The Hall–Kier alpha value is -2.92. The number of hydrogen-bond acceptors (Lipinski definition) is 4. The molecule has 1 heterocycles. The van der Waals surface area contributed by atoms with Gasteiger partial charge in [-0.3, -0.25) is 9.36 Å². The van der Waals surface area contributed by atoms with Crippen molar-refractivity contribution in [2.45, 2.75) is 40.3 Å². The van der Waals surface area contributed by atoms with Crippen molar-refractivity contribution in [3.05, 3.63) is 69.6 Å². The highest BCUT2D eigenvalue weighted by Gasteiger charge is 2.25. The third kappa shape index (κ3) is 3.34. The Morgan fingerprint density at radius 2 is 1.71 bits per heavy atom. The molecule has 0 saturated heterocycles. The average molecular weight is 379 g/mol. The van der Waals surface area contributed by atoms with Crippen molar-refractivity contribution in [1.82, 2.24) is 4.57 Å². The molecule has 1 N–H and O–H groups in total. The molecule has 0 amide bonds. The molecule has 0 aliphatic rings. The smallest absolute Gasteiger partial charge is 0.328 e. The number of hydrogen-bond donors (Lipinski definition) is 1. The quantitative estimate of drug-likeness (QED) is 0.683. The Bertz CT molecular complexity index is 1080. The Balaban J connectivity index is 2.48. The number of pyridine rings is 1. The maximum atomic E-state index is 13.3. The van der Waals surface area contributed by atoms with Crippen LogP contribution in [0.2, 0.25) is 0 Å². The molecule has 2 aromatic carbocycles. The zero-order valence-electron chi connectivity index (χ0n) is 16.7. The van der Waals surface area contributed by atoms with Gasteiger partial charge in [0.1, 0.15) is 6.04 Å². The summed E-state index contributed by atoms with van der Waals surface area (Å²) in [7, 11) is 0. The van der Waals surface area contributed by atoms with E-state index in [0.29, 0.717) is 11.1 Å². The highest BCUT2D eigenvalue weighted by Crippen LogP contribution is 2.33. The first kappa shape index (κ1) is 19.8. The second kappa shape index (κ2) is 7.98. The first-order valence-corrected chi connectivity index (χ1v) is 9.41. The summed E-state index contributed by atoms with van der Waals surface area (Å²) in [6, 6.07) is 12.6. The van der Waals surface area contributed by atoms with Crippen molar-refractivity contribution in [3.8, 4) is 11.1 Å². The Labute approximate surface area is 164 Å². The molecule has 1 aromatic heterocycles. The number of fused-ring (bicyclic) bond motifs is 1. The van der Waals surface area contributed by atoms with Crippen molar-refractivity contribution in [3.63, 3.8) is 0 Å². The summed E-state index contributed by atoms with van der Waals surface area (Å²) in [6.45, 7) is 7.16. The maximum Gasteiger partial charge on any atom is 0.328 e.